The van der Waals surface area contributed by atoms with Gasteiger partial charge in [-0.1, -0.05) is 24.3 Å². The van der Waals surface area contributed by atoms with Crippen molar-refractivity contribution in [1.29, 1.82) is 0 Å². The summed E-state index contributed by atoms with van der Waals surface area (Å²) in [6.45, 7) is 1.52. The number of nitrogens with one attached hydrogen (secondary N) is 1. The summed E-state index contributed by atoms with van der Waals surface area (Å²) in [6.07, 6.45) is 0. The Bertz CT molecular complexity index is 684. The zero-order valence-corrected chi connectivity index (χ0v) is 18.5. The van der Waals surface area contributed by atoms with Crippen LogP contribution >= 0.6 is 24.0 Å². The van der Waals surface area contributed by atoms with Crippen LogP contribution < -0.4 is 15.0 Å². The first-order valence-corrected chi connectivity index (χ1v) is 8.34. The van der Waals surface area contributed by atoms with E-state index in [1.54, 1.807) is 7.11 Å². The van der Waals surface area contributed by atoms with Gasteiger partial charge in [-0.15, -0.1) is 24.0 Å². The lowest BCUT2D eigenvalue weighted by molar-refractivity contribution is 0.414. The van der Waals surface area contributed by atoms with Gasteiger partial charge in [-0.05, 0) is 35.4 Å². The third-order valence-corrected chi connectivity index (χ3v) is 4.06. The molecule has 0 bridgehead atoms. The van der Waals surface area contributed by atoms with Crippen molar-refractivity contribution in [3.05, 3.63) is 59.7 Å². The maximum absolute atomic E-state index is 5.20. The molecule has 0 heterocycles. The topological polar surface area (TPSA) is 40.1 Å². The van der Waals surface area contributed by atoms with E-state index in [4.69, 9.17) is 4.74 Å². The van der Waals surface area contributed by atoms with Gasteiger partial charge in [0.05, 0.1) is 7.11 Å². The molecule has 6 heteroatoms. The maximum Gasteiger partial charge on any atom is 0.193 e. The summed E-state index contributed by atoms with van der Waals surface area (Å²) in [6, 6.07) is 16.6. The fraction of sp³-hybridized carbons (Fsp3) is 0.350. The normalized spacial score (nSPS) is 10.7. The fourth-order valence-corrected chi connectivity index (χ4v) is 2.56. The van der Waals surface area contributed by atoms with E-state index in [-0.39, 0.29) is 24.0 Å². The van der Waals surface area contributed by atoms with Gasteiger partial charge in [0.1, 0.15) is 5.75 Å². The molecule has 1 N–H and O–H groups in total. The monoisotopic (exact) mass is 468 g/mol. The van der Waals surface area contributed by atoms with Crippen LogP contribution in [-0.2, 0) is 13.1 Å². The van der Waals surface area contributed by atoms with E-state index in [1.807, 2.05) is 40.3 Å². The van der Waals surface area contributed by atoms with Crippen LogP contribution in [0.25, 0.3) is 0 Å². The van der Waals surface area contributed by atoms with Gasteiger partial charge in [-0.2, -0.15) is 0 Å². The van der Waals surface area contributed by atoms with Gasteiger partial charge in [0.15, 0.2) is 5.96 Å². The number of guanidine groups is 1. The third kappa shape index (κ3) is 6.40. The molecule has 142 valence electrons. The van der Waals surface area contributed by atoms with Gasteiger partial charge >= 0.3 is 0 Å². The van der Waals surface area contributed by atoms with Crippen LogP contribution in [-0.4, -0.2) is 46.2 Å². The average Bonchev–Trinajstić information content (AvgIpc) is 2.63. The summed E-state index contributed by atoms with van der Waals surface area (Å²) in [5, 5.41) is 3.41. The molecule has 0 aliphatic rings. The molecule has 2 aromatic carbocycles. The molecular weight excluding hydrogens is 439 g/mol. The standard InChI is InChI=1S/C20H28N4O.HI/c1-21-20(22-14-16-6-10-18(11-7-16)23(2)3)24(4)15-17-8-12-19(25-5)13-9-17;/h6-13H,14-15H2,1-5H3,(H,21,22);1H. The van der Waals surface area contributed by atoms with Crippen LogP contribution in [0.5, 0.6) is 5.75 Å². The number of hydrogen-bond donors (Lipinski definition) is 1. The number of ether oxygens (including phenoxy) is 1. The Kier molecular flexibility index (Phi) is 9.26. The molecular formula is C20H29IN4O. The van der Waals surface area contributed by atoms with Crippen LogP contribution in [0.1, 0.15) is 11.1 Å². The molecule has 0 saturated carbocycles. The van der Waals surface area contributed by atoms with Gasteiger partial charge in [0, 0.05) is 47.0 Å². The van der Waals surface area contributed by atoms with Crippen molar-refractivity contribution in [2.75, 3.05) is 40.2 Å². The summed E-state index contributed by atoms with van der Waals surface area (Å²) in [5.41, 5.74) is 3.64. The smallest absolute Gasteiger partial charge is 0.193 e. The lowest BCUT2D eigenvalue weighted by Gasteiger charge is -2.22. The average molecular weight is 468 g/mol. The Hall–Kier alpha value is -1.96. The van der Waals surface area contributed by atoms with Gasteiger partial charge < -0.3 is 19.9 Å². The summed E-state index contributed by atoms with van der Waals surface area (Å²) < 4.78 is 5.20. The van der Waals surface area contributed by atoms with Crippen LogP contribution in [0, 0.1) is 0 Å². The molecule has 0 atom stereocenters. The minimum atomic E-state index is 0. The van der Waals surface area contributed by atoms with E-state index >= 15 is 0 Å². The number of nitrogens with zero attached hydrogens (tertiary/aromatic N) is 3. The highest BCUT2D eigenvalue weighted by Gasteiger charge is 2.07. The van der Waals surface area contributed by atoms with E-state index < -0.39 is 0 Å². The molecule has 0 fully saturated rings. The second kappa shape index (κ2) is 10.9. The molecule has 0 aliphatic heterocycles. The largest absolute Gasteiger partial charge is 0.497 e. The minimum absolute atomic E-state index is 0. The van der Waals surface area contributed by atoms with E-state index in [2.05, 4.69) is 56.5 Å². The predicted molar refractivity (Wildman–Crippen MR) is 121 cm³/mol. The molecule has 2 aromatic rings. The van der Waals surface area contributed by atoms with Crippen molar-refractivity contribution < 1.29 is 4.74 Å². The number of anilines is 1. The summed E-state index contributed by atoms with van der Waals surface area (Å²) >= 11 is 0. The van der Waals surface area contributed by atoms with Crippen molar-refractivity contribution in [3.63, 3.8) is 0 Å². The van der Waals surface area contributed by atoms with Crippen molar-refractivity contribution in [3.8, 4) is 5.75 Å². The van der Waals surface area contributed by atoms with Gasteiger partial charge in [0.2, 0.25) is 0 Å². The Labute approximate surface area is 174 Å². The maximum atomic E-state index is 5.20. The Morgan fingerprint density at radius 2 is 1.54 bits per heavy atom. The first kappa shape index (κ1) is 22.1. The van der Waals surface area contributed by atoms with Crippen molar-refractivity contribution in [2.45, 2.75) is 13.1 Å². The Morgan fingerprint density at radius 1 is 0.962 bits per heavy atom. The number of halogens is 1. The van der Waals surface area contributed by atoms with Gasteiger partial charge in [0.25, 0.3) is 0 Å². The minimum Gasteiger partial charge on any atom is -0.497 e. The molecule has 0 amide bonds. The Balaban J connectivity index is 0.00000338. The number of benzene rings is 2. The number of hydrogen-bond acceptors (Lipinski definition) is 3. The number of methoxy groups -OCH3 is 1. The third-order valence-electron chi connectivity index (χ3n) is 4.06. The molecule has 26 heavy (non-hydrogen) atoms. The van der Waals surface area contributed by atoms with E-state index in [0.29, 0.717) is 0 Å². The molecule has 2 rings (SSSR count). The lowest BCUT2D eigenvalue weighted by Crippen LogP contribution is -2.38. The SMILES string of the molecule is CN=C(NCc1ccc(N(C)C)cc1)N(C)Cc1ccc(OC)cc1.I. The zero-order valence-electron chi connectivity index (χ0n) is 16.2. The second-order valence-corrected chi connectivity index (χ2v) is 6.17. The first-order chi connectivity index (χ1) is 12.0. The van der Waals surface area contributed by atoms with Gasteiger partial charge in [-0.3, -0.25) is 4.99 Å². The fourth-order valence-electron chi connectivity index (χ4n) is 2.56. The van der Waals surface area contributed by atoms with E-state index in [1.165, 1.54) is 16.8 Å². The molecule has 0 unspecified atom stereocenters. The highest BCUT2D eigenvalue weighted by atomic mass is 127. The van der Waals surface area contributed by atoms with Crippen LogP contribution in [0.3, 0.4) is 0 Å². The lowest BCUT2D eigenvalue weighted by atomic mass is 10.2. The van der Waals surface area contributed by atoms with Crippen molar-refractivity contribution in [1.82, 2.24) is 10.2 Å². The molecule has 0 aromatic heterocycles. The zero-order chi connectivity index (χ0) is 18.2. The van der Waals surface area contributed by atoms with Crippen LogP contribution in [0.15, 0.2) is 53.5 Å². The summed E-state index contributed by atoms with van der Waals surface area (Å²) in [4.78, 5) is 8.58. The molecule has 0 saturated heterocycles. The quantitative estimate of drug-likeness (QED) is 0.400. The van der Waals surface area contributed by atoms with E-state index in [9.17, 15) is 0 Å². The van der Waals surface area contributed by atoms with Gasteiger partial charge in [-0.25, -0.2) is 0 Å². The van der Waals surface area contributed by atoms with Crippen molar-refractivity contribution >= 4 is 35.6 Å². The molecule has 0 aliphatic carbocycles. The Morgan fingerprint density at radius 3 is 2.04 bits per heavy atom. The van der Waals surface area contributed by atoms with E-state index in [0.717, 1.165) is 24.8 Å². The molecule has 0 spiro atoms. The number of aliphatic imine (C=N–C) groups is 1. The predicted octanol–water partition coefficient (Wildman–Crippen LogP) is 3.59. The van der Waals surface area contributed by atoms with Crippen LogP contribution in [0.2, 0.25) is 0 Å². The molecule has 5 nitrogen and oxygen atoms in total. The first-order valence-electron chi connectivity index (χ1n) is 8.34. The summed E-state index contributed by atoms with van der Waals surface area (Å²) in [5.74, 6) is 1.74. The van der Waals surface area contributed by atoms with Crippen LogP contribution in [0.4, 0.5) is 5.69 Å². The second-order valence-electron chi connectivity index (χ2n) is 6.17. The summed E-state index contributed by atoms with van der Waals surface area (Å²) in [7, 11) is 9.61. The molecule has 0 radical (unpaired) electrons. The highest BCUT2D eigenvalue weighted by molar-refractivity contribution is 14.0. The van der Waals surface area contributed by atoms with Crippen molar-refractivity contribution in [2.24, 2.45) is 4.99 Å². The highest BCUT2D eigenvalue weighted by Crippen LogP contribution is 2.13. The number of rotatable bonds is 6.